The zero-order valence-corrected chi connectivity index (χ0v) is 15.8. The quantitative estimate of drug-likeness (QED) is 0.251. The Morgan fingerprint density at radius 3 is 2.82 bits per heavy atom. The number of H-pyrrole nitrogens is 1. The number of hydrogen-bond acceptors (Lipinski definition) is 9. The topological polar surface area (TPSA) is 149 Å². The highest BCUT2D eigenvalue weighted by atomic mass is 16.7. The van der Waals surface area contributed by atoms with Crippen molar-refractivity contribution in [1.29, 1.82) is 0 Å². The Kier molecular flexibility index (Phi) is 8.33. The maximum Gasteiger partial charge on any atom is 0.332 e. The minimum absolute atomic E-state index is 0.304. The van der Waals surface area contributed by atoms with Crippen LogP contribution in [-0.4, -0.2) is 70.2 Å². The van der Waals surface area contributed by atoms with Crippen molar-refractivity contribution in [3.63, 3.8) is 0 Å². The molecule has 0 radical (unpaired) electrons. The minimum atomic E-state index is -1.27. The molecule has 0 aromatic carbocycles. The summed E-state index contributed by atoms with van der Waals surface area (Å²) in [4.78, 5) is 37.0. The van der Waals surface area contributed by atoms with Crippen molar-refractivity contribution < 1.29 is 34.0 Å². The highest BCUT2D eigenvalue weighted by molar-refractivity contribution is 5.70. The Bertz CT molecular complexity index is 747. The molecule has 11 heteroatoms. The lowest BCUT2D eigenvalue weighted by atomic mass is 10.1. The third kappa shape index (κ3) is 5.72. The third-order valence-electron chi connectivity index (χ3n) is 4.16. The molecule has 11 nitrogen and oxygen atoms in total. The molecular weight excluding hydrogens is 376 g/mol. The average molecular weight is 402 g/mol. The fourth-order valence-electron chi connectivity index (χ4n) is 2.69. The van der Waals surface area contributed by atoms with Crippen LogP contribution in [0.5, 0.6) is 0 Å². The summed E-state index contributed by atoms with van der Waals surface area (Å²) >= 11 is 0. The summed E-state index contributed by atoms with van der Waals surface area (Å²) in [5.41, 5.74) is -1.35. The molecule has 1 fully saturated rings. The van der Waals surface area contributed by atoms with E-state index < -0.39 is 54.7 Å². The smallest absolute Gasteiger partial charge is 0.332 e. The van der Waals surface area contributed by atoms with E-state index in [2.05, 4.69) is 4.98 Å². The van der Waals surface area contributed by atoms with E-state index in [0.717, 1.165) is 23.5 Å². The number of ether oxygens (including phenoxy) is 4. The van der Waals surface area contributed by atoms with Gasteiger partial charge in [-0.3, -0.25) is 14.3 Å². The van der Waals surface area contributed by atoms with E-state index in [9.17, 15) is 24.6 Å². The van der Waals surface area contributed by atoms with Gasteiger partial charge in [0.25, 0.3) is 5.56 Å². The molecule has 158 valence electrons. The molecule has 28 heavy (non-hydrogen) atoms. The lowest BCUT2D eigenvalue weighted by Crippen LogP contribution is -2.41. The standard InChI is InChI=1S/C17H26N2O9/c1-3-4-7-25-13(22)9-26-10(2)27-15-14(23)11(8-20)28-16(15)19-6-5-12(21)18-17(19)24/h5-6,10-11,14-16,20,23H,3-4,7-9H2,1-2H3,(H,18,21,24)/t10?,11-,14-,15-,16-/m1/s1. The first-order valence-electron chi connectivity index (χ1n) is 9.06. The molecule has 2 rings (SSSR count). The zero-order valence-electron chi connectivity index (χ0n) is 15.8. The third-order valence-corrected chi connectivity index (χ3v) is 4.16. The minimum Gasteiger partial charge on any atom is -0.464 e. The first-order valence-corrected chi connectivity index (χ1v) is 9.06. The van der Waals surface area contributed by atoms with Crippen molar-refractivity contribution in [3.05, 3.63) is 33.1 Å². The monoisotopic (exact) mass is 402 g/mol. The molecule has 0 aliphatic carbocycles. The molecule has 5 atom stereocenters. The fraction of sp³-hybridized carbons (Fsp3) is 0.706. The summed E-state index contributed by atoms with van der Waals surface area (Å²) in [6.45, 7) is 2.93. The number of carbonyl (C=O) groups is 1. The lowest BCUT2D eigenvalue weighted by Gasteiger charge is -2.25. The number of aromatic amines is 1. The van der Waals surface area contributed by atoms with Gasteiger partial charge in [0.2, 0.25) is 0 Å². The van der Waals surface area contributed by atoms with Gasteiger partial charge in [-0.1, -0.05) is 13.3 Å². The van der Waals surface area contributed by atoms with Crippen LogP contribution in [0.3, 0.4) is 0 Å². The van der Waals surface area contributed by atoms with Crippen LogP contribution in [0.1, 0.15) is 32.9 Å². The van der Waals surface area contributed by atoms with Crippen molar-refractivity contribution >= 4 is 5.97 Å². The van der Waals surface area contributed by atoms with E-state index in [0.29, 0.717) is 6.61 Å². The van der Waals surface area contributed by atoms with E-state index >= 15 is 0 Å². The number of aliphatic hydroxyl groups is 2. The molecule has 1 aromatic rings. The normalized spacial score (nSPS) is 25.6. The summed E-state index contributed by atoms with van der Waals surface area (Å²) in [7, 11) is 0. The summed E-state index contributed by atoms with van der Waals surface area (Å²) in [5.74, 6) is -0.547. The summed E-state index contributed by atoms with van der Waals surface area (Å²) in [6.07, 6.45) is -2.57. The van der Waals surface area contributed by atoms with E-state index in [1.807, 2.05) is 6.92 Å². The Morgan fingerprint density at radius 1 is 1.43 bits per heavy atom. The van der Waals surface area contributed by atoms with Crippen LogP contribution in [0.25, 0.3) is 0 Å². The van der Waals surface area contributed by atoms with Crippen LogP contribution in [-0.2, 0) is 23.7 Å². The van der Waals surface area contributed by atoms with Gasteiger partial charge in [-0.2, -0.15) is 0 Å². The molecule has 2 heterocycles. The number of aliphatic hydroxyl groups excluding tert-OH is 2. The number of carbonyl (C=O) groups excluding carboxylic acids is 1. The molecule has 3 N–H and O–H groups in total. The van der Waals surface area contributed by atoms with Crippen LogP contribution in [0, 0.1) is 0 Å². The molecule has 1 aliphatic rings. The fourth-order valence-corrected chi connectivity index (χ4v) is 2.69. The van der Waals surface area contributed by atoms with Crippen molar-refractivity contribution in [2.45, 2.75) is 57.5 Å². The number of esters is 1. The predicted octanol–water partition coefficient (Wildman–Crippen LogP) is -1.12. The lowest BCUT2D eigenvalue weighted by molar-refractivity contribution is -0.201. The number of nitrogens with one attached hydrogen (secondary N) is 1. The summed E-state index contributed by atoms with van der Waals surface area (Å²) in [6, 6.07) is 1.12. The van der Waals surface area contributed by atoms with Crippen LogP contribution in [0.2, 0.25) is 0 Å². The molecule has 1 saturated heterocycles. The van der Waals surface area contributed by atoms with E-state index in [-0.39, 0.29) is 6.61 Å². The molecule has 0 saturated carbocycles. The molecule has 0 bridgehead atoms. The van der Waals surface area contributed by atoms with Crippen molar-refractivity contribution in [3.8, 4) is 0 Å². The summed E-state index contributed by atoms with van der Waals surface area (Å²) < 4.78 is 22.4. The summed E-state index contributed by atoms with van der Waals surface area (Å²) in [5, 5.41) is 19.7. The number of nitrogens with zero attached hydrogens (tertiary/aromatic N) is 1. The van der Waals surface area contributed by atoms with Crippen molar-refractivity contribution in [2.75, 3.05) is 19.8 Å². The maximum absolute atomic E-state index is 12.0. The van der Waals surface area contributed by atoms with Gasteiger partial charge >= 0.3 is 11.7 Å². The first kappa shape index (κ1) is 22.2. The highest BCUT2D eigenvalue weighted by Gasteiger charge is 2.46. The number of rotatable bonds is 10. The van der Waals surface area contributed by atoms with E-state index in [1.165, 1.54) is 13.1 Å². The first-order chi connectivity index (χ1) is 13.4. The number of aromatic nitrogens is 2. The van der Waals surface area contributed by atoms with Crippen LogP contribution < -0.4 is 11.2 Å². The van der Waals surface area contributed by atoms with Gasteiger partial charge < -0.3 is 29.2 Å². The van der Waals surface area contributed by atoms with Crippen molar-refractivity contribution in [1.82, 2.24) is 9.55 Å². The van der Waals surface area contributed by atoms with Crippen molar-refractivity contribution in [2.24, 2.45) is 0 Å². The van der Waals surface area contributed by atoms with E-state index in [1.54, 1.807) is 0 Å². The number of unbranched alkanes of at least 4 members (excludes halogenated alkanes) is 1. The Labute approximate surface area is 160 Å². The molecule has 1 aliphatic heterocycles. The molecule has 0 amide bonds. The van der Waals surface area contributed by atoms with Gasteiger partial charge in [-0.05, 0) is 13.3 Å². The van der Waals surface area contributed by atoms with Gasteiger partial charge in [0, 0.05) is 12.3 Å². The van der Waals surface area contributed by atoms with Crippen LogP contribution in [0.15, 0.2) is 21.9 Å². The van der Waals surface area contributed by atoms with E-state index in [4.69, 9.17) is 18.9 Å². The predicted molar refractivity (Wildman–Crippen MR) is 94.5 cm³/mol. The second kappa shape index (κ2) is 10.5. The second-order valence-electron chi connectivity index (χ2n) is 6.31. The Morgan fingerprint density at radius 2 is 2.18 bits per heavy atom. The average Bonchev–Trinajstić information content (AvgIpc) is 2.96. The van der Waals surface area contributed by atoms with Gasteiger partial charge in [0.05, 0.1) is 13.2 Å². The van der Waals surface area contributed by atoms with Gasteiger partial charge in [0.15, 0.2) is 12.5 Å². The van der Waals surface area contributed by atoms with Crippen LogP contribution >= 0.6 is 0 Å². The highest BCUT2D eigenvalue weighted by Crippen LogP contribution is 2.31. The molecule has 1 unspecified atom stereocenters. The second-order valence-corrected chi connectivity index (χ2v) is 6.31. The molecule has 1 aromatic heterocycles. The van der Waals surface area contributed by atoms with Gasteiger partial charge in [-0.15, -0.1) is 0 Å². The Balaban J connectivity index is 2.02. The zero-order chi connectivity index (χ0) is 20.7. The molecular formula is C17H26N2O9. The van der Waals surface area contributed by atoms with Gasteiger partial charge in [0.1, 0.15) is 24.9 Å². The SMILES string of the molecule is CCCCOC(=O)COC(C)O[C@@H]1[C@H](O)[C@@H](CO)O[C@H]1n1ccc(=O)[nH]c1=O. The Hall–Kier alpha value is -2.05. The van der Waals surface area contributed by atoms with Crippen LogP contribution in [0.4, 0.5) is 0 Å². The maximum atomic E-state index is 12.0. The van der Waals surface area contributed by atoms with Gasteiger partial charge in [-0.25, -0.2) is 9.59 Å². The number of hydrogen-bond donors (Lipinski definition) is 3. The largest absolute Gasteiger partial charge is 0.464 e. The molecule has 0 spiro atoms.